The van der Waals surface area contributed by atoms with Crippen LogP contribution in [-0.2, 0) is 33.8 Å². The second kappa shape index (κ2) is 16.1. The second-order valence-electron chi connectivity index (χ2n) is 10.9. The zero-order chi connectivity index (χ0) is 34.1. The van der Waals surface area contributed by atoms with Crippen LogP contribution in [0.4, 0.5) is 26.7 Å². The average Bonchev–Trinajstić information content (AvgIpc) is 3.40. The molecule has 252 valence electrons. The van der Waals surface area contributed by atoms with E-state index in [1.165, 1.54) is 24.5 Å². The van der Waals surface area contributed by atoms with E-state index in [9.17, 15) is 45.1 Å². The fourth-order valence-electron chi connectivity index (χ4n) is 4.54. The van der Waals surface area contributed by atoms with E-state index in [4.69, 9.17) is 0 Å². The Morgan fingerprint density at radius 1 is 1.04 bits per heavy atom. The van der Waals surface area contributed by atoms with Crippen LogP contribution in [0.25, 0.3) is 0 Å². The lowest BCUT2D eigenvalue weighted by Crippen LogP contribution is -2.57. The number of hydrogen-bond acceptors (Lipinski definition) is 7. The van der Waals surface area contributed by atoms with Gasteiger partial charge in [-0.1, -0.05) is 31.5 Å². The minimum absolute atomic E-state index is 0.0443. The standard InChI is InChI=1S/C30H36F5N5O5S/c1-3-4-8-46(44,45)18-26(39-29(43)40-17-19(2)14-37-40)28(42)38-25(12-21-10-23(31)13-24(32)11-21)27(41)16-36-15-20-6-5-7-22(9-20)30(33,34)35/h5-7,9-11,13-14,17,25-27,36,41H,3-4,8,12,15-16,18H2,1-2H3,(H,38,42)(H,39,43). The number of carbonyl (C=O) groups is 2. The number of amides is 2. The highest BCUT2D eigenvalue weighted by Crippen LogP contribution is 2.29. The van der Waals surface area contributed by atoms with Crippen LogP contribution in [0.2, 0.25) is 0 Å². The van der Waals surface area contributed by atoms with Crippen molar-refractivity contribution >= 4 is 21.8 Å². The number of aliphatic hydroxyl groups excluding tert-OH is 1. The van der Waals surface area contributed by atoms with E-state index in [2.05, 4.69) is 21.0 Å². The van der Waals surface area contributed by atoms with Gasteiger partial charge in [-0.25, -0.2) is 22.0 Å². The Hall–Kier alpha value is -3.89. The molecule has 16 heteroatoms. The van der Waals surface area contributed by atoms with Crippen molar-refractivity contribution in [2.24, 2.45) is 0 Å². The molecule has 10 nitrogen and oxygen atoms in total. The van der Waals surface area contributed by atoms with Crippen molar-refractivity contribution < 1.29 is 45.1 Å². The molecular weight excluding hydrogens is 637 g/mol. The first-order chi connectivity index (χ1) is 21.6. The monoisotopic (exact) mass is 673 g/mol. The predicted octanol–water partition coefficient (Wildman–Crippen LogP) is 3.51. The Balaban J connectivity index is 1.82. The lowest BCUT2D eigenvalue weighted by Gasteiger charge is -2.27. The summed E-state index contributed by atoms with van der Waals surface area (Å²) in [7, 11) is -3.85. The molecule has 3 unspecified atom stereocenters. The summed E-state index contributed by atoms with van der Waals surface area (Å²) >= 11 is 0. The molecule has 0 aliphatic carbocycles. The number of benzene rings is 2. The van der Waals surface area contributed by atoms with Gasteiger partial charge in [-0.2, -0.15) is 23.0 Å². The molecule has 1 aromatic heterocycles. The van der Waals surface area contributed by atoms with Crippen molar-refractivity contribution in [1.82, 2.24) is 25.7 Å². The lowest BCUT2D eigenvalue weighted by atomic mass is 10.00. The van der Waals surface area contributed by atoms with Gasteiger partial charge in [0.1, 0.15) is 17.7 Å². The molecule has 3 rings (SSSR count). The third-order valence-electron chi connectivity index (χ3n) is 6.87. The fraction of sp³-hybridized carbons (Fsp3) is 0.433. The summed E-state index contributed by atoms with van der Waals surface area (Å²) in [6, 6.07) is 3.29. The van der Waals surface area contributed by atoms with Gasteiger partial charge >= 0.3 is 12.2 Å². The predicted molar refractivity (Wildman–Crippen MR) is 159 cm³/mol. The molecule has 0 aliphatic heterocycles. The molecule has 2 aromatic carbocycles. The topological polar surface area (TPSA) is 142 Å². The molecule has 3 aromatic rings. The molecule has 0 aliphatic rings. The van der Waals surface area contributed by atoms with Gasteiger partial charge in [-0.3, -0.25) is 4.79 Å². The number of aryl methyl sites for hydroxylation is 1. The van der Waals surface area contributed by atoms with Crippen molar-refractivity contribution in [1.29, 1.82) is 0 Å². The Labute approximate surface area is 263 Å². The second-order valence-corrected chi connectivity index (χ2v) is 13.2. The molecule has 0 bridgehead atoms. The molecule has 1 heterocycles. The number of aliphatic hydroxyl groups is 1. The number of aromatic nitrogens is 2. The van der Waals surface area contributed by atoms with Crippen molar-refractivity contribution in [3.63, 3.8) is 0 Å². The summed E-state index contributed by atoms with van der Waals surface area (Å²) in [5.41, 5.74) is 0.0550. The number of sulfone groups is 1. The van der Waals surface area contributed by atoms with Crippen LogP contribution in [-0.4, -0.2) is 71.5 Å². The molecule has 0 radical (unpaired) electrons. The zero-order valence-corrected chi connectivity index (χ0v) is 26.0. The van der Waals surface area contributed by atoms with E-state index in [0.29, 0.717) is 24.5 Å². The van der Waals surface area contributed by atoms with Gasteiger partial charge in [0.2, 0.25) is 5.91 Å². The van der Waals surface area contributed by atoms with Gasteiger partial charge in [-0.15, -0.1) is 0 Å². The fourth-order valence-corrected chi connectivity index (χ4v) is 6.17. The third-order valence-corrected chi connectivity index (χ3v) is 8.62. The number of rotatable bonds is 15. The van der Waals surface area contributed by atoms with Crippen LogP contribution in [0.3, 0.4) is 0 Å². The number of halogens is 5. The van der Waals surface area contributed by atoms with E-state index >= 15 is 0 Å². The van der Waals surface area contributed by atoms with Crippen molar-refractivity contribution in [2.45, 2.75) is 64.0 Å². The van der Waals surface area contributed by atoms with Crippen molar-refractivity contribution in [3.8, 4) is 0 Å². The van der Waals surface area contributed by atoms with Crippen LogP contribution in [0.1, 0.15) is 42.0 Å². The van der Waals surface area contributed by atoms with Crippen LogP contribution in [0.15, 0.2) is 54.9 Å². The number of hydrogen-bond donors (Lipinski definition) is 4. The van der Waals surface area contributed by atoms with Crippen molar-refractivity contribution in [3.05, 3.63) is 88.7 Å². The molecule has 0 fully saturated rings. The summed E-state index contributed by atoms with van der Waals surface area (Å²) in [4.78, 5) is 26.3. The van der Waals surface area contributed by atoms with Crippen LogP contribution in [0.5, 0.6) is 0 Å². The minimum atomic E-state index is -4.56. The normalized spacial score (nSPS) is 14.0. The molecule has 0 saturated heterocycles. The summed E-state index contributed by atoms with van der Waals surface area (Å²) in [5.74, 6) is -3.87. The van der Waals surface area contributed by atoms with Gasteiger partial charge < -0.3 is 21.1 Å². The molecule has 0 saturated carbocycles. The van der Waals surface area contributed by atoms with Gasteiger partial charge in [0.25, 0.3) is 0 Å². The number of nitrogens with one attached hydrogen (secondary N) is 3. The van der Waals surface area contributed by atoms with Crippen molar-refractivity contribution in [2.75, 3.05) is 18.1 Å². The number of unbranched alkanes of at least 4 members (excludes halogenated alkanes) is 1. The summed E-state index contributed by atoms with van der Waals surface area (Å²) in [5, 5.41) is 22.5. The smallest absolute Gasteiger partial charge is 0.390 e. The van der Waals surface area contributed by atoms with Gasteiger partial charge in [-0.05, 0) is 54.7 Å². The van der Waals surface area contributed by atoms with Crippen LogP contribution in [0, 0.1) is 18.6 Å². The summed E-state index contributed by atoms with van der Waals surface area (Å²) in [6.07, 6.45) is -2.76. The molecule has 0 spiro atoms. The number of carbonyl (C=O) groups excluding carboxylic acids is 2. The summed E-state index contributed by atoms with van der Waals surface area (Å²) in [6.45, 7) is 3.05. The Morgan fingerprint density at radius 3 is 2.35 bits per heavy atom. The SMILES string of the molecule is CCCCS(=O)(=O)CC(NC(=O)n1cc(C)cn1)C(=O)NC(Cc1cc(F)cc(F)c1)C(O)CNCc1cccc(C(F)(F)F)c1. The molecule has 4 N–H and O–H groups in total. The van der Waals surface area contributed by atoms with E-state index < -0.39 is 69.1 Å². The maximum atomic E-state index is 14.0. The first-order valence-electron chi connectivity index (χ1n) is 14.4. The molecule has 3 atom stereocenters. The van der Waals surface area contributed by atoms with E-state index in [-0.39, 0.29) is 36.4 Å². The van der Waals surface area contributed by atoms with Gasteiger partial charge in [0, 0.05) is 25.4 Å². The van der Waals surface area contributed by atoms with Crippen LogP contribution < -0.4 is 16.0 Å². The highest BCUT2D eigenvalue weighted by atomic mass is 32.2. The van der Waals surface area contributed by atoms with E-state index in [1.807, 2.05) is 0 Å². The Kier molecular flexibility index (Phi) is 12.8. The number of alkyl halides is 3. The maximum Gasteiger partial charge on any atom is 0.416 e. The van der Waals surface area contributed by atoms with Gasteiger partial charge in [0.05, 0.1) is 35.4 Å². The number of nitrogens with zero attached hydrogens (tertiary/aromatic N) is 2. The maximum absolute atomic E-state index is 14.0. The molecule has 46 heavy (non-hydrogen) atoms. The van der Waals surface area contributed by atoms with E-state index in [1.54, 1.807) is 13.8 Å². The third kappa shape index (κ3) is 11.5. The quantitative estimate of drug-likeness (QED) is 0.181. The average molecular weight is 674 g/mol. The first kappa shape index (κ1) is 36.6. The highest BCUT2D eigenvalue weighted by Gasteiger charge is 2.32. The summed E-state index contributed by atoms with van der Waals surface area (Å²) < 4.78 is 93.7. The van der Waals surface area contributed by atoms with Crippen LogP contribution >= 0.6 is 0 Å². The first-order valence-corrected chi connectivity index (χ1v) is 16.2. The largest absolute Gasteiger partial charge is 0.416 e. The van der Waals surface area contributed by atoms with E-state index in [0.717, 1.165) is 28.9 Å². The molecule has 2 amide bonds. The van der Waals surface area contributed by atoms with Gasteiger partial charge in [0.15, 0.2) is 9.84 Å². The Morgan fingerprint density at radius 2 is 1.74 bits per heavy atom. The highest BCUT2D eigenvalue weighted by molar-refractivity contribution is 7.91. The Bertz CT molecular complexity index is 1580. The molecular formula is C30H36F5N5O5S. The lowest BCUT2D eigenvalue weighted by molar-refractivity contribution is -0.137. The zero-order valence-electron chi connectivity index (χ0n) is 25.2. The minimum Gasteiger partial charge on any atom is -0.390 e.